The molecule has 2 aromatic carbocycles. The lowest BCUT2D eigenvalue weighted by Gasteiger charge is -2.22. The highest BCUT2D eigenvalue weighted by Gasteiger charge is 2.22. The van der Waals surface area contributed by atoms with Crippen LogP contribution in [0.25, 0.3) is 11.4 Å². The lowest BCUT2D eigenvalue weighted by Crippen LogP contribution is -2.39. The molecule has 0 radical (unpaired) electrons. The lowest BCUT2D eigenvalue weighted by molar-refractivity contribution is 0.0672. The van der Waals surface area contributed by atoms with Gasteiger partial charge in [-0.25, -0.2) is 4.99 Å². The van der Waals surface area contributed by atoms with Crippen molar-refractivity contribution in [3.05, 3.63) is 71.1 Å². The number of halogens is 2. The standard InChI is InChI=1S/C22H26ClN5O2.HI/c1-3-24-21(26-15-22(2,29)17-9-5-4-6-10-17)25-13-12-19-27-20(28-30-19)16-8-7-11-18(23)14-16;/h4-11,14,29H,3,12-13,15H2,1-2H3,(H2,24,25,26);1H. The molecule has 0 fully saturated rings. The number of rotatable bonds is 8. The van der Waals surface area contributed by atoms with E-state index in [1.807, 2.05) is 49.4 Å². The first kappa shape index (κ1) is 25.1. The summed E-state index contributed by atoms with van der Waals surface area (Å²) in [5.74, 6) is 1.64. The van der Waals surface area contributed by atoms with Crippen LogP contribution in [0.4, 0.5) is 0 Å². The third kappa shape index (κ3) is 7.48. The highest BCUT2D eigenvalue weighted by molar-refractivity contribution is 14.0. The van der Waals surface area contributed by atoms with E-state index >= 15 is 0 Å². The Balaban J connectivity index is 0.00000341. The Hall–Kier alpha value is -2.17. The largest absolute Gasteiger partial charge is 0.384 e. The minimum atomic E-state index is -1.05. The summed E-state index contributed by atoms with van der Waals surface area (Å²) in [6.07, 6.45) is 0.535. The van der Waals surface area contributed by atoms with Crippen LogP contribution in [0.3, 0.4) is 0 Å². The molecule has 3 rings (SSSR count). The van der Waals surface area contributed by atoms with E-state index in [-0.39, 0.29) is 30.5 Å². The summed E-state index contributed by atoms with van der Waals surface area (Å²) >= 11 is 6.02. The Labute approximate surface area is 204 Å². The third-order valence-corrected chi connectivity index (χ3v) is 4.70. The van der Waals surface area contributed by atoms with E-state index in [2.05, 4.69) is 25.8 Å². The zero-order valence-electron chi connectivity index (χ0n) is 17.5. The molecule has 1 unspecified atom stereocenters. The summed E-state index contributed by atoms with van der Waals surface area (Å²) in [4.78, 5) is 8.93. The van der Waals surface area contributed by atoms with E-state index in [0.29, 0.717) is 42.2 Å². The molecule has 31 heavy (non-hydrogen) atoms. The van der Waals surface area contributed by atoms with Crippen LogP contribution in [0.5, 0.6) is 0 Å². The van der Waals surface area contributed by atoms with E-state index in [4.69, 9.17) is 16.1 Å². The van der Waals surface area contributed by atoms with Gasteiger partial charge in [0.15, 0.2) is 5.96 Å². The molecule has 0 bridgehead atoms. The minimum absolute atomic E-state index is 0. The van der Waals surface area contributed by atoms with E-state index < -0.39 is 5.60 Å². The van der Waals surface area contributed by atoms with Crippen molar-refractivity contribution in [1.82, 2.24) is 20.8 Å². The van der Waals surface area contributed by atoms with Crippen LogP contribution >= 0.6 is 35.6 Å². The quantitative estimate of drug-likeness (QED) is 0.221. The molecule has 0 aliphatic heterocycles. The molecule has 1 atom stereocenters. The Morgan fingerprint density at radius 1 is 1.16 bits per heavy atom. The zero-order chi connectivity index (χ0) is 21.4. The molecule has 3 aromatic rings. The highest BCUT2D eigenvalue weighted by Crippen LogP contribution is 2.21. The second-order valence-electron chi connectivity index (χ2n) is 7.03. The van der Waals surface area contributed by atoms with Crippen LogP contribution < -0.4 is 10.6 Å². The maximum Gasteiger partial charge on any atom is 0.228 e. The molecule has 0 amide bonds. The van der Waals surface area contributed by atoms with E-state index in [9.17, 15) is 5.11 Å². The van der Waals surface area contributed by atoms with Crippen molar-refractivity contribution in [3.8, 4) is 11.4 Å². The average molecular weight is 556 g/mol. The fourth-order valence-corrected chi connectivity index (χ4v) is 3.04. The molecule has 9 heteroatoms. The SMILES string of the molecule is CCNC(=NCC(C)(O)c1ccccc1)NCCc1nc(-c2cccc(Cl)c2)no1.I. The molecule has 7 nitrogen and oxygen atoms in total. The van der Waals surface area contributed by atoms with Crippen LogP contribution in [0, 0.1) is 0 Å². The van der Waals surface area contributed by atoms with Crippen molar-refractivity contribution >= 4 is 41.5 Å². The van der Waals surface area contributed by atoms with Crippen molar-refractivity contribution < 1.29 is 9.63 Å². The zero-order valence-corrected chi connectivity index (χ0v) is 20.6. The summed E-state index contributed by atoms with van der Waals surface area (Å²) in [7, 11) is 0. The molecule has 1 aromatic heterocycles. The maximum absolute atomic E-state index is 10.7. The van der Waals surface area contributed by atoms with Crippen LogP contribution in [0.1, 0.15) is 25.3 Å². The van der Waals surface area contributed by atoms with Gasteiger partial charge in [0.2, 0.25) is 11.7 Å². The molecule has 0 aliphatic rings. The first-order valence-electron chi connectivity index (χ1n) is 9.86. The van der Waals surface area contributed by atoms with Crippen LogP contribution in [0.15, 0.2) is 64.1 Å². The fourth-order valence-electron chi connectivity index (χ4n) is 2.85. The Morgan fingerprint density at radius 3 is 2.65 bits per heavy atom. The smallest absolute Gasteiger partial charge is 0.228 e. The van der Waals surface area contributed by atoms with Crippen molar-refractivity contribution in [2.75, 3.05) is 19.6 Å². The van der Waals surface area contributed by atoms with Crippen molar-refractivity contribution in [3.63, 3.8) is 0 Å². The van der Waals surface area contributed by atoms with Crippen molar-refractivity contribution in [2.45, 2.75) is 25.9 Å². The highest BCUT2D eigenvalue weighted by atomic mass is 127. The molecule has 1 heterocycles. The predicted molar refractivity (Wildman–Crippen MR) is 134 cm³/mol. The van der Waals surface area contributed by atoms with Gasteiger partial charge in [-0.1, -0.05) is 59.2 Å². The van der Waals surface area contributed by atoms with Crippen LogP contribution in [0.2, 0.25) is 5.02 Å². The van der Waals surface area contributed by atoms with Gasteiger partial charge in [0.1, 0.15) is 5.60 Å². The molecule has 3 N–H and O–H groups in total. The third-order valence-electron chi connectivity index (χ3n) is 4.47. The lowest BCUT2D eigenvalue weighted by atomic mass is 9.96. The molecule has 0 aliphatic carbocycles. The van der Waals surface area contributed by atoms with Gasteiger partial charge >= 0.3 is 0 Å². The number of hydrogen-bond donors (Lipinski definition) is 3. The Bertz CT molecular complexity index is 979. The Kier molecular flexibility index (Phi) is 9.73. The van der Waals surface area contributed by atoms with Crippen LogP contribution in [-0.2, 0) is 12.0 Å². The van der Waals surface area contributed by atoms with E-state index in [1.165, 1.54) is 0 Å². The molecule has 0 spiro atoms. The summed E-state index contributed by atoms with van der Waals surface area (Å²) < 4.78 is 5.33. The van der Waals surface area contributed by atoms with Crippen molar-refractivity contribution in [2.24, 2.45) is 4.99 Å². The Morgan fingerprint density at radius 2 is 1.94 bits per heavy atom. The molecule has 166 valence electrons. The number of hydrogen-bond acceptors (Lipinski definition) is 5. The number of aliphatic imine (C=N–C) groups is 1. The van der Waals surface area contributed by atoms with Crippen LogP contribution in [-0.4, -0.2) is 40.8 Å². The molecule has 0 saturated carbocycles. The minimum Gasteiger partial charge on any atom is -0.384 e. The van der Waals surface area contributed by atoms with Gasteiger partial charge in [0, 0.05) is 30.1 Å². The normalized spacial score (nSPS) is 13.2. The van der Waals surface area contributed by atoms with Gasteiger partial charge in [-0.05, 0) is 31.5 Å². The second kappa shape index (κ2) is 12.0. The molecular formula is C22H27ClIN5O2. The van der Waals surface area contributed by atoms with Gasteiger partial charge in [0.05, 0.1) is 6.54 Å². The second-order valence-corrected chi connectivity index (χ2v) is 7.47. The number of aliphatic hydroxyl groups is 1. The number of benzene rings is 2. The van der Waals surface area contributed by atoms with Gasteiger partial charge in [-0.3, -0.25) is 0 Å². The van der Waals surface area contributed by atoms with E-state index in [1.54, 1.807) is 19.1 Å². The summed E-state index contributed by atoms with van der Waals surface area (Å²) in [5.41, 5.74) is 0.578. The van der Waals surface area contributed by atoms with Crippen molar-refractivity contribution in [1.29, 1.82) is 0 Å². The first-order chi connectivity index (χ1) is 14.5. The topological polar surface area (TPSA) is 95.6 Å². The van der Waals surface area contributed by atoms with Gasteiger partial charge < -0.3 is 20.3 Å². The predicted octanol–water partition coefficient (Wildman–Crippen LogP) is 4.01. The summed E-state index contributed by atoms with van der Waals surface area (Å²) in [5, 5.41) is 21.8. The number of aromatic nitrogens is 2. The van der Waals surface area contributed by atoms with Gasteiger partial charge in [-0.2, -0.15) is 4.98 Å². The number of nitrogens with zero attached hydrogens (tertiary/aromatic N) is 3. The number of guanidine groups is 1. The summed E-state index contributed by atoms with van der Waals surface area (Å²) in [6.45, 7) is 5.23. The monoisotopic (exact) mass is 555 g/mol. The summed E-state index contributed by atoms with van der Waals surface area (Å²) in [6, 6.07) is 16.8. The fraction of sp³-hybridized carbons (Fsp3) is 0.318. The maximum atomic E-state index is 10.7. The first-order valence-corrected chi connectivity index (χ1v) is 10.2. The van der Waals surface area contributed by atoms with Gasteiger partial charge in [0.25, 0.3) is 0 Å². The molecular weight excluding hydrogens is 529 g/mol. The van der Waals surface area contributed by atoms with E-state index in [0.717, 1.165) is 11.1 Å². The number of nitrogens with one attached hydrogen (secondary N) is 2. The van der Waals surface area contributed by atoms with Gasteiger partial charge in [-0.15, -0.1) is 24.0 Å². The average Bonchev–Trinajstić information content (AvgIpc) is 3.22. The molecule has 0 saturated heterocycles.